The fourth-order valence-electron chi connectivity index (χ4n) is 2.78. The van der Waals surface area contributed by atoms with Gasteiger partial charge >= 0.3 is 0 Å². The van der Waals surface area contributed by atoms with Crippen LogP contribution >= 0.6 is 24.0 Å². The summed E-state index contributed by atoms with van der Waals surface area (Å²) < 4.78 is 12.8. The number of nitrogens with zero attached hydrogens (tertiary/aromatic N) is 4. The summed E-state index contributed by atoms with van der Waals surface area (Å²) in [4.78, 5) is 11.2. The minimum Gasteiger partial charge on any atom is -0.497 e. The summed E-state index contributed by atoms with van der Waals surface area (Å²) in [6.07, 6.45) is 0.181. The van der Waals surface area contributed by atoms with E-state index in [1.165, 1.54) is 0 Å². The third-order valence-corrected chi connectivity index (χ3v) is 4.13. The average Bonchev–Trinajstić information content (AvgIpc) is 2.88. The normalized spacial score (nSPS) is 18.5. The van der Waals surface area contributed by atoms with Crippen LogP contribution in [0.25, 0.3) is 11.0 Å². The number of rotatable bonds is 3. The number of benzene rings is 1. The van der Waals surface area contributed by atoms with Gasteiger partial charge in [-0.3, -0.25) is 0 Å². The van der Waals surface area contributed by atoms with E-state index in [9.17, 15) is 0 Å². The van der Waals surface area contributed by atoms with Crippen molar-refractivity contribution in [1.82, 2.24) is 14.5 Å². The zero-order valence-corrected chi connectivity index (χ0v) is 16.6. The number of hydrogen-bond acceptors (Lipinski definition) is 4. The highest BCUT2D eigenvalue weighted by Crippen LogP contribution is 2.21. The Balaban J connectivity index is 0.00000208. The number of ether oxygens (including phenoxy) is 2. The van der Waals surface area contributed by atoms with Crippen LogP contribution in [0.15, 0.2) is 23.2 Å². The van der Waals surface area contributed by atoms with E-state index in [4.69, 9.17) is 15.2 Å². The van der Waals surface area contributed by atoms with E-state index in [0.29, 0.717) is 19.1 Å². The van der Waals surface area contributed by atoms with E-state index in [-0.39, 0.29) is 30.1 Å². The molecule has 0 radical (unpaired) electrons. The first-order valence-corrected chi connectivity index (χ1v) is 7.74. The first kappa shape index (κ1) is 18.8. The van der Waals surface area contributed by atoms with Crippen LogP contribution in [-0.4, -0.2) is 53.3 Å². The first-order chi connectivity index (χ1) is 11.1. The average molecular weight is 445 g/mol. The number of halogens is 1. The van der Waals surface area contributed by atoms with Crippen molar-refractivity contribution in [1.29, 1.82) is 0 Å². The molecule has 0 saturated carbocycles. The van der Waals surface area contributed by atoms with Crippen LogP contribution in [0.4, 0.5) is 0 Å². The third kappa shape index (κ3) is 3.92. The molecule has 1 unspecified atom stereocenters. The Labute approximate surface area is 158 Å². The standard InChI is InChI=1S/C16H23N5O2.HI/c1-11-10-21(6-7-23-11)16(17)18-9-15-19-13-8-12(22-3)4-5-14(13)20(15)2;/h4-5,8,11H,6-7,9-10H2,1-3H3,(H2,17,18);1H. The van der Waals surface area contributed by atoms with Crippen molar-refractivity contribution >= 4 is 41.0 Å². The van der Waals surface area contributed by atoms with E-state index in [0.717, 1.165) is 35.7 Å². The predicted octanol–water partition coefficient (Wildman–Crippen LogP) is 1.74. The van der Waals surface area contributed by atoms with Crippen LogP contribution in [-0.2, 0) is 18.3 Å². The monoisotopic (exact) mass is 445 g/mol. The number of aliphatic imine (C=N–C) groups is 1. The van der Waals surface area contributed by atoms with Gasteiger partial charge in [-0.1, -0.05) is 0 Å². The van der Waals surface area contributed by atoms with E-state index >= 15 is 0 Å². The van der Waals surface area contributed by atoms with Crippen molar-refractivity contribution in [2.45, 2.75) is 19.6 Å². The Morgan fingerprint density at radius 3 is 3.00 bits per heavy atom. The molecule has 0 amide bonds. The molecular formula is C16H24IN5O2. The van der Waals surface area contributed by atoms with Crippen LogP contribution in [0.3, 0.4) is 0 Å². The van der Waals surface area contributed by atoms with Crippen LogP contribution in [0.2, 0.25) is 0 Å². The molecule has 2 N–H and O–H groups in total. The zero-order chi connectivity index (χ0) is 16.4. The number of nitrogens with two attached hydrogens (primary N) is 1. The van der Waals surface area contributed by atoms with Crippen LogP contribution < -0.4 is 10.5 Å². The van der Waals surface area contributed by atoms with Crippen LogP contribution in [0, 0.1) is 0 Å². The summed E-state index contributed by atoms with van der Waals surface area (Å²) >= 11 is 0. The molecular weight excluding hydrogens is 421 g/mol. The smallest absolute Gasteiger partial charge is 0.191 e. The largest absolute Gasteiger partial charge is 0.497 e. The minimum absolute atomic E-state index is 0. The van der Waals surface area contributed by atoms with Crippen molar-refractivity contribution in [3.8, 4) is 5.75 Å². The molecule has 1 atom stereocenters. The summed E-state index contributed by atoms with van der Waals surface area (Å²) in [5, 5.41) is 0. The molecule has 1 aromatic carbocycles. The fourth-order valence-corrected chi connectivity index (χ4v) is 2.78. The van der Waals surface area contributed by atoms with Gasteiger partial charge in [-0.15, -0.1) is 24.0 Å². The third-order valence-electron chi connectivity index (χ3n) is 4.13. The molecule has 132 valence electrons. The lowest BCUT2D eigenvalue weighted by atomic mass is 10.3. The molecule has 3 rings (SSSR count). The van der Waals surface area contributed by atoms with Gasteiger partial charge in [-0.25, -0.2) is 9.98 Å². The van der Waals surface area contributed by atoms with Gasteiger partial charge in [0.25, 0.3) is 0 Å². The molecule has 0 spiro atoms. The lowest BCUT2D eigenvalue weighted by molar-refractivity contribution is 0.00528. The molecule has 1 aliphatic rings. The summed E-state index contributed by atoms with van der Waals surface area (Å²) in [6, 6.07) is 5.86. The van der Waals surface area contributed by atoms with Crippen molar-refractivity contribution < 1.29 is 9.47 Å². The van der Waals surface area contributed by atoms with Gasteiger partial charge < -0.3 is 24.7 Å². The summed E-state index contributed by atoms with van der Waals surface area (Å²) in [5.74, 6) is 2.22. The van der Waals surface area contributed by atoms with Crippen molar-refractivity contribution in [3.05, 3.63) is 24.0 Å². The van der Waals surface area contributed by atoms with E-state index in [1.807, 2.05) is 36.7 Å². The van der Waals surface area contributed by atoms with E-state index in [1.54, 1.807) is 7.11 Å². The topological polar surface area (TPSA) is 77.9 Å². The molecule has 0 aliphatic carbocycles. The second-order valence-electron chi connectivity index (χ2n) is 5.74. The van der Waals surface area contributed by atoms with Gasteiger partial charge in [0.05, 0.1) is 30.9 Å². The number of guanidine groups is 1. The number of aromatic nitrogens is 2. The molecule has 24 heavy (non-hydrogen) atoms. The summed E-state index contributed by atoms with van der Waals surface area (Å²) in [5.41, 5.74) is 8.06. The van der Waals surface area contributed by atoms with E-state index < -0.39 is 0 Å². The van der Waals surface area contributed by atoms with Crippen molar-refractivity contribution in [2.75, 3.05) is 26.8 Å². The number of imidazole rings is 1. The number of fused-ring (bicyclic) bond motifs is 1. The van der Waals surface area contributed by atoms with E-state index in [2.05, 4.69) is 14.9 Å². The predicted molar refractivity (Wildman–Crippen MR) is 105 cm³/mol. The Morgan fingerprint density at radius 2 is 2.29 bits per heavy atom. The maximum Gasteiger partial charge on any atom is 0.191 e. The molecule has 8 heteroatoms. The molecule has 2 heterocycles. The SMILES string of the molecule is COc1ccc2c(c1)nc(CN=C(N)N1CCOC(C)C1)n2C.I. The lowest BCUT2D eigenvalue weighted by Crippen LogP contribution is -2.47. The fraction of sp³-hybridized carbons (Fsp3) is 0.500. The maximum atomic E-state index is 6.11. The van der Waals surface area contributed by atoms with Crippen molar-refractivity contribution in [2.24, 2.45) is 17.8 Å². The number of morpholine rings is 1. The number of methoxy groups -OCH3 is 1. The Bertz CT molecular complexity index is 731. The van der Waals surface area contributed by atoms with Gasteiger partial charge in [0.15, 0.2) is 5.96 Å². The number of aryl methyl sites for hydroxylation is 1. The Hall–Kier alpha value is -1.55. The maximum absolute atomic E-state index is 6.11. The molecule has 1 aromatic heterocycles. The van der Waals surface area contributed by atoms with Gasteiger partial charge in [0.1, 0.15) is 18.1 Å². The highest BCUT2D eigenvalue weighted by Gasteiger charge is 2.18. The Morgan fingerprint density at radius 1 is 1.50 bits per heavy atom. The summed E-state index contributed by atoms with van der Waals surface area (Å²) in [6.45, 7) is 4.72. The molecule has 1 fully saturated rings. The van der Waals surface area contributed by atoms with Crippen LogP contribution in [0.5, 0.6) is 5.75 Å². The zero-order valence-electron chi connectivity index (χ0n) is 14.2. The van der Waals surface area contributed by atoms with Crippen LogP contribution in [0.1, 0.15) is 12.7 Å². The van der Waals surface area contributed by atoms with Gasteiger partial charge in [0, 0.05) is 26.2 Å². The molecule has 1 aliphatic heterocycles. The highest BCUT2D eigenvalue weighted by molar-refractivity contribution is 14.0. The minimum atomic E-state index is 0. The van der Waals surface area contributed by atoms with Gasteiger partial charge in [-0.2, -0.15) is 0 Å². The molecule has 7 nitrogen and oxygen atoms in total. The quantitative estimate of drug-likeness (QED) is 0.443. The molecule has 2 aromatic rings. The Kier molecular flexibility index (Phi) is 6.27. The second-order valence-corrected chi connectivity index (χ2v) is 5.74. The number of hydrogen-bond donors (Lipinski definition) is 1. The van der Waals surface area contributed by atoms with Gasteiger partial charge in [0.2, 0.25) is 0 Å². The lowest BCUT2D eigenvalue weighted by Gasteiger charge is -2.31. The van der Waals surface area contributed by atoms with Gasteiger partial charge in [-0.05, 0) is 19.1 Å². The molecule has 0 bridgehead atoms. The summed E-state index contributed by atoms with van der Waals surface area (Å²) in [7, 11) is 3.64. The molecule has 1 saturated heterocycles. The highest BCUT2D eigenvalue weighted by atomic mass is 127. The van der Waals surface area contributed by atoms with Crippen molar-refractivity contribution in [3.63, 3.8) is 0 Å². The second kappa shape index (κ2) is 8.02. The first-order valence-electron chi connectivity index (χ1n) is 7.74.